The van der Waals surface area contributed by atoms with E-state index in [2.05, 4.69) is 9.71 Å². The van der Waals surface area contributed by atoms with Gasteiger partial charge >= 0.3 is 0 Å². The Balaban J connectivity index is 1.57. The highest BCUT2D eigenvalue weighted by molar-refractivity contribution is 7.93. The quantitative estimate of drug-likeness (QED) is 0.751. The molecule has 0 unspecified atom stereocenters. The van der Waals surface area contributed by atoms with Crippen molar-refractivity contribution in [3.05, 3.63) is 65.7 Å². The van der Waals surface area contributed by atoms with Crippen molar-refractivity contribution >= 4 is 26.6 Å². The van der Waals surface area contributed by atoms with Gasteiger partial charge < -0.3 is 5.11 Å². The zero-order valence-corrected chi connectivity index (χ0v) is 14.5. The van der Waals surface area contributed by atoms with Crippen molar-refractivity contribution in [2.24, 2.45) is 0 Å². The van der Waals surface area contributed by atoms with Crippen molar-refractivity contribution in [1.82, 2.24) is 4.98 Å². The number of anilines is 1. The molecule has 6 heteroatoms. The van der Waals surface area contributed by atoms with Gasteiger partial charge in [-0.1, -0.05) is 30.3 Å². The lowest BCUT2D eigenvalue weighted by Crippen LogP contribution is -2.18. The van der Waals surface area contributed by atoms with Crippen LogP contribution in [0.4, 0.5) is 5.69 Å². The lowest BCUT2D eigenvalue weighted by molar-refractivity contribution is 0.451. The maximum Gasteiger partial charge on any atom is 0.236 e. The van der Waals surface area contributed by atoms with E-state index in [4.69, 9.17) is 0 Å². The first-order valence-corrected chi connectivity index (χ1v) is 9.65. The number of nitrogens with zero attached hydrogens (tertiary/aromatic N) is 1. The second-order valence-corrected chi connectivity index (χ2v) is 8.37. The molecule has 0 aliphatic heterocycles. The molecule has 1 saturated carbocycles. The van der Waals surface area contributed by atoms with Crippen molar-refractivity contribution < 1.29 is 13.5 Å². The van der Waals surface area contributed by atoms with Crippen LogP contribution in [-0.4, -0.2) is 23.8 Å². The first-order valence-electron chi connectivity index (χ1n) is 8.11. The van der Waals surface area contributed by atoms with Crippen LogP contribution in [0, 0.1) is 6.92 Å². The maximum atomic E-state index is 12.6. The summed E-state index contributed by atoms with van der Waals surface area (Å²) in [5.74, 6) is 0.0459. The monoisotopic (exact) mass is 354 g/mol. The number of fused-ring (bicyclic) bond motifs is 1. The topological polar surface area (TPSA) is 79.3 Å². The van der Waals surface area contributed by atoms with Gasteiger partial charge in [0, 0.05) is 22.6 Å². The molecule has 0 amide bonds. The molecule has 25 heavy (non-hydrogen) atoms. The van der Waals surface area contributed by atoms with Gasteiger partial charge in [-0.25, -0.2) is 13.4 Å². The van der Waals surface area contributed by atoms with Gasteiger partial charge in [-0.3, -0.25) is 4.72 Å². The minimum Gasteiger partial charge on any atom is -0.493 e. The van der Waals surface area contributed by atoms with Crippen molar-refractivity contribution in [1.29, 1.82) is 0 Å². The smallest absolute Gasteiger partial charge is 0.236 e. The molecule has 2 aromatic carbocycles. The molecule has 2 atom stereocenters. The lowest BCUT2D eigenvalue weighted by atomic mass is 10.1. The SMILES string of the molecule is Cc1cc2cc(NS(=O)(=O)[C@@H]3C[C@@H]3c3ccccc3)ccc2nc1O. The standard InChI is InChI=1S/C19H18N2O3S/c1-12-9-14-10-15(7-8-17(14)20-19(12)22)21-25(23,24)18-11-16(18)13-5-3-2-4-6-13/h2-10,16,18,21H,11H2,1H3,(H,20,22)/t16-,18-/m1/s1. The molecule has 1 aliphatic rings. The highest BCUT2D eigenvalue weighted by Crippen LogP contribution is 2.46. The molecule has 1 heterocycles. The average Bonchev–Trinajstić information content (AvgIpc) is 3.38. The average molecular weight is 354 g/mol. The molecule has 1 aromatic heterocycles. The number of rotatable bonds is 4. The highest BCUT2D eigenvalue weighted by Gasteiger charge is 2.48. The van der Waals surface area contributed by atoms with E-state index in [9.17, 15) is 13.5 Å². The summed E-state index contributed by atoms with van der Waals surface area (Å²) < 4.78 is 28.0. The zero-order valence-electron chi connectivity index (χ0n) is 13.7. The van der Waals surface area contributed by atoms with E-state index in [0.717, 1.165) is 10.9 Å². The fourth-order valence-electron chi connectivity index (χ4n) is 3.14. The van der Waals surface area contributed by atoms with E-state index in [1.54, 1.807) is 31.2 Å². The summed E-state index contributed by atoms with van der Waals surface area (Å²) in [5.41, 5.74) is 2.85. The minimum absolute atomic E-state index is 0.00971. The third-order valence-electron chi connectivity index (χ3n) is 4.60. The maximum absolute atomic E-state index is 12.6. The van der Waals surface area contributed by atoms with Crippen molar-refractivity contribution in [3.63, 3.8) is 0 Å². The Hall–Kier alpha value is -2.60. The number of hydrogen-bond donors (Lipinski definition) is 2. The first kappa shape index (κ1) is 15.9. The molecule has 0 spiro atoms. The summed E-state index contributed by atoms with van der Waals surface area (Å²) in [7, 11) is -3.44. The Morgan fingerprint density at radius 2 is 1.88 bits per heavy atom. The Morgan fingerprint density at radius 1 is 1.12 bits per heavy atom. The number of aromatic nitrogens is 1. The van der Waals surface area contributed by atoms with E-state index in [1.807, 2.05) is 30.3 Å². The fourth-order valence-corrected chi connectivity index (χ4v) is 4.80. The van der Waals surface area contributed by atoms with Crippen LogP contribution in [0.1, 0.15) is 23.5 Å². The molecule has 2 N–H and O–H groups in total. The molecular formula is C19H18N2O3S. The molecule has 1 fully saturated rings. The van der Waals surface area contributed by atoms with Crippen LogP contribution in [0.3, 0.4) is 0 Å². The number of aromatic hydroxyl groups is 1. The minimum atomic E-state index is -3.44. The summed E-state index contributed by atoms with van der Waals surface area (Å²) in [6, 6.07) is 16.6. The Morgan fingerprint density at radius 3 is 2.64 bits per heavy atom. The van der Waals surface area contributed by atoms with Gasteiger partial charge in [0.1, 0.15) is 0 Å². The van der Waals surface area contributed by atoms with Gasteiger partial charge in [-0.15, -0.1) is 0 Å². The molecule has 4 rings (SSSR count). The zero-order chi connectivity index (χ0) is 17.6. The molecular weight excluding hydrogens is 336 g/mol. The largest absolute Gasteiger partial charge is 0.493 e. The van der Waals surface area contributed by atoms with Crippen LogP contribution in [0.15, 0.2) is 54.6 Å². The van der Waals surface area contributed by atoms with E-state index < -0.39 is 15.3 Å². The summed E-state index contributed by atoms with van der Waals surface area (Å²) in [6.45, 7) is 1.76. The van der Waals surface area contributed by atoms with E-state index >= 15 is 0 Å². The Kier molecular flexibility index (Phi) is 3.65. The molecule has 0 bridgehead atoms. The number of sulfonamides is 1. The van der Waals surface area contributed by atoms with Gasteiger partial charge in [0.2, 0.25) is 15.9 Å². The predicted octanol–water partition coefficient (Wildman–Crippen LogP) is 3.55. The van der Waals surface area contributed by atoms with Gasteiger partial charge in [0.25, 0.3) is 0 Å². The fraction of sp³-hybridized carbons (Fsp3) is 0.211. The summed E-state index contributed by atoms with van der Waals surface area (Å²) >= 11 is 0. The third kappa shape index (κ3) is 3.05. The van der Waals surface area contributed by atoms with Crippen LogP contribution in [0.2, 0.25) is 0 Å². The molecule has 0 saturated heterocycles. The summed E-state index contributed by atoms with van der Waals surface area (Å²) in [4.78, 5) is 4.09. The van der Waals surface area contributed by atoms with Crippen LogP contribution in [0.5, 0.6) is 5.88 Å². The van der Waals surface area contributed by atoms with Crippen LogP contribution in [-0.2, 0) is 10.0 Å². The summed E-state index contributed by atoms with van der Waals surface area (Å²) in [6.07, 6.45) is 0.640. The van der Waals surface area contributed by atoms with Gasteiger partial charge in [-0.05, 0) is 43.2 Å². The van der Waals surface area contributed by atoms with Crippen LogP contribution < -0.4 is 4.72 Å². The molecule has 0 radical (unpaired) electrons. The Bertz CT molecular complexity index is 1050. The Labute approximate surface area is 146 Å². The lowest BCUT2D eigenvalue weighted by Gasteiger charge is -2.09. The highest BCUT2D eigenvalue weighted by atomic mass is 32.2. The second kappa shape index (κ2) is 5.74. The predicted molar refractivity (Wildman–Crippen MR) is 98.3 cm³/mol. The van der Waals surface area contributed by atoms with E-state index in [-0.39, 0.29) is 11.8 Å². The van der Waals surface area contributed by atoms with Gasteiger partial charge in [0.05, 0.1) is 10.8 Å². The first-order chi connectivity index (χ1) is 11.9. The van der Waals surface area contributed by atoms with E-state index in [0.29, 0.717) is 23.2 Å². The van der Waals surface area contributed by atoms with Crippen LogP contribution in [0.25, 0.3) is 10.9 Å². The normalized spacial score (nSPS) is 19.7. The molecule has 1 aliphatic carbocycles. The summed E-state index contributed by atoms with van der Waals surface area (Å²) in [5, 5.41) is 10.1. The second-order valence-electron chi connectivity index (χ2n) is 6.47. The number of aryl methyl sites for hydroxylation is 1. The van der Waals surface area contributed by atoms with Crippen molar-refractivity contribution in [3.8, 4) is 5.88 Å². The van der Waals surface area contributed by atoms with E-state index in [1.165, 1.54) is 0 Å². The number of pyridine rings is 1. The molecule has 3 aromatic rings. The van der Waals surface area contributed by atoms with Crippen molar-refractivity contribution in [2.75, 3.05) is 4.72 Å². The third-order valence-corrected chi connectivity index (χ3v) is 6.44. The number of hydrogen-bond acceptors (Lipinski definition) is 4. The van der Waals surface area contributed by atoms with Crippen molar-refractivity contribution in [2.45, 2.75) is 24.5 Å². The molecule has 5 nitrogen and oxygen atoms in total. The van der Waals surface area contributed by atoms with Gasteiger partial charge in [-0.2, -0.15) is 0 Å². The number of nitrogens with one attached hydrogen (secondary N) is 1. The van der Waals surface area contributed by atoms with Crippen LogP contribution >= 0.6 is 0 Å². The number of benzene rings is 2. The van der Waals surface area contributed by atoms with Gasteiger partial charge in [0.15, 0.2) is 0 Å². The molecule has 128 valence electrons.